The van der Waals surface area contributed by atoms with Crippen molar-refractivity contribution in [1.29, 1.82) is 5.26 Å². The zero-order chi connectivity index (χ0) is 22.3. The van der Waals surface area contributed by atoms with Crippen molar-refractivity contribution in [2.24, 2.45) is 0 Å². The van der Waals surface area contributed by atoms with Gasteiger partial charge in [0.25, 0.3) is 0 Å². The number of nitriles is 1. The first-order valence-electron chi connectivity index (χ1n) is 9.76. The van der Waals surface area contributed by atoms with E-state index in [1.807, 2.05) is 18.2 Å². The summed E-state index contributed by atoms with van der Waals surface area (Å²) in [5, 5.41) is 18.4. The predicted molar refractivity (Wildman–Crippen MR) is 119 cm³/mol. The Balaban J connectivity index is 1.61. The molecule has 0 spiro atoms. The summed E-state index contributed by atoms with van der Waals surface area (Å²) in [5.74, 6) is 1.92. The van der Waals surface area contributed by atoms with Gasteiger partial charge in [-0.05, 0) is 48.0 Å². The lowest BCUT2D eigenvalue weighted by Crippen LogP contribution is -2.08. The van der Waals surface area contributed by atoms with Crippen LogP contribution in [0, 0.1) is 17.1 Å². The number of benzene rings is 3. The van der Waals surface area contributed by atoms with Crippen LogP contribution in [-0.4, -0.2) is 21.9 Å². The molecule has 160 valence electrons. The second-order valence-corrected chi connectivity index (χ2v) is 7.65. The van der Waals surface area contributed by atoms with Crippen LogP contribution < -0.4 is 9.47 Å². The van der Waals surface area contributed by atoms with E-state index < -0.39 is 5.82 Å². The van der Waals surface area contributed by atoms with Crippen LogP contribution >= 0.6 is 11.8 Å². The summed E-state index contributed by atoms with van der Waals surface area (Å²) in [4.78, 5) is 0. The number of hydrogen-bond acceptors (Lipinski definition) is 6. The van der Waals surface area contributed by atoms with Crippen LogP contribution in [0.2, 0.25) is 0 Å². The lowest BCUT2D eigenvalue weighted by molar-refractivity contribution is 0.292. The molecular weight excluding hydrogens is 427 g/mol. The molecule has 3 aromatic carbocycles. The Labute approximate surface area is 189 Å². The Morgan fingerprint density at radius 2 is 1.69 bits per heavy atom. The number of hydrogen-bond donors (Lipinski definition) is 0. The van der Waals surface area contributed by atoms with E-state index in [1.165, 1.54) is 17.8 Å². The van der Waals surface area contributed by atoms with Gasteiger partial charge >= 0.3 is 0 Å². The van der Waals surface area contributed by atoms with E-state index in [4.69, 9.17) is 9.47 Å². The van der Waals surface area contributed by atoms with E-state index in [0.717, 1.165) is 11.3 Å². The molecule has 0 saturated carbocycles. The Bertz CT molecular complexity index is 1250. The monoisotopic (exact) mass is 446 g/mol. The maximum absolute atomic E-state index is 14.7. The summed E-state index contributed by atoms with van der Waals surface area (Å²) < 4.78 is 27.3. The smallest absolute Gasteiger partial charge is 0.196 e. The average Bonchev–Trinajstić information content (AvgIpc) is 3.24. The predicted octanol–water partition coefficient (Wildman–Crippen LogP) is 5.16. The number of rotatable bonds is 8. The van der Waals surface area contributed by atoms with Gasteiger partial charge in [0, 0.05) is 5.75 Å². The molecule has 0 N–H and O–H groups in total. The first-order chi connectivity index (χ1) is 15.7. The van der Waals surface area contributed by atoms with Gasteiger partial charge in [-0.1, -0.05) is 42.1 Å². The largest absolute Gasteiger partial charge is 0.497 e. The third kappa shape index (κ3) is 4.74. The van der Waals surface area contributed by atoms with Crippen molar-refractivity contribution in [3.63, 3.8) is 0 Å². The average molecular weight is 447 g/mol. The Hall–Kier alpha value is -3.83. The van der Waals surface area contributed by atoms with Crippen LogP contribution in [-0.2, 0) is 12.4 Å². The first kappa shape index (κ1) is 21.4. The molecule has 0 saturated heterocycles. The van der Waals surface area contributed by atoms with Gasteiger partial charge in [-0.3, -0.25) is 4.57 Å². The number of nitrogens with zero attached hydrogens (tertiary/aromatic N) is 4. The molecule has 0 atom stereocenters. The van der Waals surface area contributed by atoms with E-state index >= 15 is 0 Å². The van der Waals surface area contributed by atoms with Gasteiger partial charge in [-0.15, -0.1) is 10.2 Å². The number of halogens is 1. The number of ether oxygens (including phenoxy) is 2. The molecular formula is C24H19FN4O2S. The molecule has 0 aliphatic heterocycles. The molecule has 4 aromatic rings. The Morgan fingerprint density at radius 3 is 2.44 bits per heavy atom. The summed E-state index contributed by atoms with van der Waals surface area (Å²) in [5.41, 5.74) is 1.81. The summed E-state index contributed by atoms with van der Waals surface area (Å²) in [6.45, 7) is 0.100. The molecule has 6 nitrogen and oxygen atoms in total. The van der Waals surface area contributed by atoms with Gasteiger partial charge < -0.3 is 9.47 Å². The Morgan fingerprint density at radius 1 is 0.969 bits per heavy atom. The van der Waals surface area contributed by atoms with Crippen LogP contribution in [0.25, 0.3) is 5.69 Å². The molecule has 0 radical (unpaired) electrons. The number of thioether (sulfide) groups is 1. The fraction of sp³-hybridized carbons (Fsp3) is 0.125. The summed E-state index contributed by atoms with van der Waals surface area (Å²) in [7, 11) is 1.60. The second kappa shape index (κ2) is 9.98. The van der Waals surface area contributed by atoms with Crippen LogP contribution in [0.15, 0.2) is 78.0 Å². The van der Waals surface area contributed by atoms with Crippen LogP contribution in [0.4, 0.5) is 4.39 Å². The lowest BCUT2D eigenvalue weighted by Gasteiger charge is -2.12. The quantitative estimate of drug-likeness (QED) is 0.348. The fourth-order valence-corrected chi connectivity index (χ4v) is 4.05. The highest BCUT2D eigenvalue weighted by Gasteiger charge is 2.18. The van der Waals surface area contributed by atoms with E-state index in [2.05, 4.69) is 16.3 Å². The highest BCUT2D eigenvalue weighted by atomic mass is 32.2. The minimum Gasteiger partial charge on any atom is -0.497 e. The van der Waals surface area contributed by atoms with E-state index in [-0.39, 0.29) is 6.61 Å². The third-order valence-electron chi connectivity index (χ3n) is 4.72. The topological polar surface area (TPSA) is 73.0 Å². The van der Waals surface area contributed by atoms with Crippen molar-refractivity contribution in [3.05, 3.63) is 95.6 Å². The summed E-state index contributed by atoms with van der Waals surface area (Å²) in [6.07, 6.45) is 0. The lowest BCUT2D eigenvalue weighted by atomic mass is 10.1. The molecule has 0 unspecified atom stereocenters. The molecule has 0 aliphatic carbocycles. The van der Waals surface area contributed by atoms with Crippen LogP contribution in [0.3, 0.4) is 0 Å². The van der Waals surface area contributed by atoms with Crippen LogP contribution in [0.1, 0.15) is 17.0 Å². The van der Waals surface area contributed by atoms with Gasteiger partial charge in [0.05, 0.1) is 24.4 Å². The van der Waals surface area contributed by atoms with Gasteiger partial charge in [-0.25, -0.2) is 4.39 Å². The van der Waals surface area contributed by atoms with Gasteiger partial charge in [0.2, 0.25) is 0 Å². The van der Waals surface area contributed by atoms with Crippen molar-refractivity contribution in [2.45, 2.75) is 17.5 Å². The first-order valence-corrected chi connectivity index (χ1v) is 10.7. The minimum atomic E-state index is -0.391. The number of aromatic nitrogens is 3. The number of methoxy groups -OCH3 is 1. The SMILES string of the molecule is COc1ccc(OCc2nnc(SCc3ccccc3C#N)n2-c2ccccc2F)cc1. The molecule has 32 heavy (non-hydrogen) atoms. The third-order valence-corrected chi connectivity index (χ3v) is 5.69. The van der Waals surface area contributed by atoms with E-state index in [9.17, 15) is 9.65 Å². The van der Waals surface area contributed by atoms with Crippen molar-refractivity contribution in [2.75, 3.05) is 7.11 Å². The summed E-state index contributed by atoms with van der Waals surface area (Å²) in [6, 6.07) is 23.2. The van der Waals surface area contributed by atoms with Crippen molar-refractivity contribution in [3.8, 4) is 23.3 Å². The van der Waals surface area contributed by atoms with Crippen molar-refractivity contribution >= 4 is 11.8 Å². The standard InChI is InChI=1S/C24H19FN4O2S/c1-30-19-10-12-20(13-11-19)31-15-23-27-28-24(29(23)22-9-5-4-8-21(22)25)32-16-18-7-3-2-6-17(18)14-26/h2-13H,15-16H2,1H3. The van der Waals surface area contributed by atoms with Gasteiger partial charge in [0.15, 0.2) is 11.0 Å². The summed E-state index contributed by atoms with van der Waals surface area (Å²) >= 11 is 1.38. The molecule has 0 amide bonds. The van der Waals surface area contributed by atoms with Gasteiger partial charge in [0.1, 0.15) is 23.9 Å². The second-order valence-electron chi connectivity index (χ2n) is 6.71. The maximum atomic E-state index is 14.7. The number of para-hydroxylation sites is 1. The molecule has 0 bridgehead atoms. The van der Waals surface area contributed by atoms with Gasteiger partial charge in [-0.2, -0.15) is 5.26 Å². The minimum absolute atomic E-state index is 0.100. The molecule has 0 fully saturated rings. The molecule has 0 aliphatic rings. The maximum Gasteiger partial charge on any atom is 0.196 e. The molecule has 1 heterocycles. The highest BCUT2D eigenvalue weighted by molar-refractivity contribution is 7.98. The normalized spacial score (nSPS) is 10.5. The highest BCUT2D eigenvalue weighted by Crippen LogP contribution is 2.28. The van der Waals surface area contributed by atoms with E-state index in [0.29, 0.717) is 33.7 Å². The zero-order valence-electron chi connectivity index (χ0n) is 17.2. The Kier molecular flexibility index (Phi) is 6.68. The fourth-order valence-electron chi connectivity index (χ4n) is 3.08. The zero-order valence-corrected chi connectivity index (χ0v) is 18.1. The van der Waals surface area contributed by atoms with E-state index in [1.54, 1.807) is 60.2 Å². The molecule has 4 rings (SSSR count). The van der Waals surface area contributed by atoms with Crippen molar-refractivity contribution < 1.29 is 13.9 Å². The van der Waals surface area contributed by atoms with Crippen molar-refractivity contribution in [1.82, 2.24) is 14.8 Å². The molecule has 8 heteroatoms. The van der Waals surface area contributed by atoms with Crippen LogP contribution in [0.5, 0.6) is 11.5 Å². The molecule has 1 aromatic heterocycles.